The average Bonchev–Trinajstić information content (AvgIpc) is 3.13. The summed E-state index contributed by atoms with van der Waals surface area (Å²) in [4.78, 5) is 18.8. The number of carbonyl (C=O) groups is 1. The molecular weight excluding hydrogens is 418 g/mol. The zero-order valence-electron chi connectivity index (χ0n) is 13.5. The molecule has 4 rings (SSSR count). The van der Waals surface area contributed by atoms with Gasteiger partial charge in [0.2, 0.25) is 15.7 Å². The first kappa shape index (κ1) is 17.0. The van der Waals surface area contributed by atoms with Crippen molar-refractivity contribution in [1.82, 2.24) is 9.55 Å². The normalized spacial score (nSPS) is 14.6. The molecule has 0 saturated heterocycles. The van der Waals surface area contributed by atoms with Crippen LogP contribution in [0.25, 0.3) is 0 Å². The van der Waals surface area contributed by atoms with Gasteiger partial charge in [-0.3, -0.25) is 9.69 Å². The van der Waals surface area contributed by atoms with E-state index in [1.165, 1.54) is 17.0 Å². The van der Waals surface area contributed by atoms with Crippen molar-refractivity contribution in [1.29, 1.82) is 0 Å². The van der Waals surface area contributed by atoms with Crippen LogP contribution in [0.1, 0.15) is 6.42 Å². The number of hydrogen-bond donors (Lipinski definition) is 0. The van der Waals surface area contributed by atoms with Crippen molar-refractivity contribution in [2.45, 2.75) is 22.8 Å². The van der Waals surface area contributed by atoms with Crippen LogP contribution in [0.2, 0.25) is 0 Å². The summed E-state index contributed by atoms with van der Waals surface area (Å²) in [5.74, 6) is -0.180. The number of rotatable bonds is 3. The first-order chi connectivity index (χ1) is 12.5. The number of sulfone groups is 1. The van der Waals surface area contributed by atoms with E-state index in [9.17, 15) is 13.2 Å². The van der Waals surface area contributed by atoms with E-state index in [2.05, 4.69) is 20.9 Å². The van der Waals surface area contributed by atoms with Crippen LogP contribution in [0.4, 0.5) is 11.4 Å². The largest absolute Gasteiger partial charge is 0.337 e. The molecule has 0 fully saturated rings. The highest BCUT2D eigenvalue weighted by Crippen LogP contribution is 2.45. The summed E-state index contributed by atoms with van der Waals surface area (Å²) < 4.78 is 28.4. The van der Waals surface area contributed by atoms with E-state index in [-0.39, 0.29) is 22.1 Å². The van der Waals surface area contributed by atoms with Crippen LogP contribution in [-0.4, -0.2) is 23.9 Å². The highest BCUT2D eigenvalue weighted by Gasteiger charge is 2.36. The van der Waals surface area contributed by atoms with Crippen LogP contribution in [-0.2, 0) is 21.2 Å². The van der Waals surface area contributed by atoms with E-state index >= 15 is 0 Å². The van der Waals surface area contributed by atoms with E-state index in [4.69, 9.17) is 0 Å². The van der Waals surface area contributed by atoms with Gasteiger partial charge in [0.15, 0.2) is 0 Å². The SMILES string of the molecule is O=C(CCn1ccnc1)N1c2ccccc2S(=O)(=O)c2ccc(Br)cc21. The van der Waals surface area contributed by atoms with Crippen LogP contribution in [0.15, 0.2) is 75.4 Å². The Bertz CT molecular complexity index is 1090. The van der Waals surface area contributed by atoms with Crippen molar-refractivity contribution in [2.75, 3.05) is 4.90 Å². The minimum atomic E-state index is -3.67. The first-order valence-corrected chi connectivity index (χ1v) is 10.2. The van der Waals surface area contributed by atoms with E-state index in [0.717, 1.165) is 0 Å². The van der Waals surface area contributed by atoms with Crippen molar-refractivity contribution < 1.29 is 13.2 Å². The van der Waals surface area contributed by atoms with Gasteiger partial charge in [-0.15, -0.1) is 0 Å². The van der Waals surface area contributed by atoms with Gasteiger partial charge in [0.1, 0.15) is 0 Å². The van der Waals surface area contributed by atoms with Crippen LogP contribution < -0.4 is 4.90 Å². The van der Waals surface area contributed by atoms with E-state index < -0.39 is 9.84 Å². The van der Waals surface area contributed by atoms with Crippen molar-refractivity contribution in [3.63, 3.8) is 0 Å². The number of nitrogens with zero attached hydrogens (tertiary/aromatic N) is 3. The second kappa shape index (κ2) is 6.37. The Balaban J connectivity index is 1.82. The standard InChI is InChI=1S/C18H14BrN3O3S/c19-13-5-6-17-15(11-13)22(18(23)7-9-21-10-8-20-12-21)14-3-1-2-4-16(14)26(17,24)25/h1-6,8,10-12H,7,9H2. The van der Waals surface area contributed by atoms with Crippen molar-refractivity contribution in [2.24, 2.45) is 0 Å². The Morgan fingerprint density at radius 2 is 1.85 bits per heavy atom. The second-order valence-electron chi connectivity index (χ2n) is 5.86. The lowest BCUT2D eigenvalue weighted by Gasteiger charge is -2.31. The molecule has 3 aromatic rings. The lowest BCUT2D eigenvalue weighted by molar-refractivity contribution is -0.118. The zero-order valence-corrected chi connectivity index (χ0v) is 15.9. The summed E-state index contributed by atoms with van der Waals surface area (Å²) in [5, 5.41) is 0. The monoisotopic (exact) mass is 431 g/mol. The van der Waals surface area contributed by atoms with Crippen LogP contribution >= 0.6 is 15.9 Å². The maximum Gasteiger partial charge on any atom is 0.233 e. The Morgan fingerprint density at radius 3 is 2.62 bits per heavy atom. The summed E-state index contributed by atoms with van der Waals surface area (Å²) >= 11 is 3.37. The number of fused-ring (bicyclic) bond motifs is 2. The fourth-order valence-corrected chi connectivity index (χ4v) is 4.99. The average molecular weight is 432 g/mol. The molecule has 1 amide bonds. The number of para-hydroxylation sites is 1. The molecule has 1 aromatic heterocycles. The van der Waals surface area contributed by atoms with E-state index in [0.29, 0.717) is 22.4 Å². The van der Waals surface area contributed by atoms with E-state index in [1.54, 1.807) is 49.1 Å². The topological polar surface area (TPSA) is 72.3 Å². The molecule has 0 atom stereocenters. The minimum absolute atomic E-state index is 0.135. The highest BCUT2D eigenvalue weighted by molar-refractivity contribution is 9.10. The molecule has 2 aromatic carbocycles. The zero-order chi connectivity index (χ0) is 18.3. The number of carbonyl (C=O) groups excluding carboxylic acids is 1. The molecule has 1 aliphatic heterocycles. The predicted octanol–water partition coefficient (Wildman–Crippen LogP) is 3.55. The Labute approximate surface area is 159 Å². The number of benzene rings is 2. The summed E-state index contributed by atoms with van der Waals surface area (Å²) in [5.41, 5.74) is 0.752. The highest BCUT2D eigenvalue weighted by atomic mass is 79.9. The Morgan fingerprint density at radius 1 is 1.08 bits per heavy atom. The third-order valence-corrected chi connectivity index (χ3v) is 6.58. The second-order valence-corrected chi connectivity index (χ2v) is 8.67. The maximum absolute atomic E-state index is 13.0. The molecule has 0 saturated carbocycles. The van der Waals surface area contributed by atoms with E-state index in [1.807, 2.05) is 4.57 Å². The number of aromatic nitrogens is 2. The number of anilines is 2. The lowest BCUT2D eigenvalue weighted by Crippen LogP contribution is -2.32. The Hall–Kier alpha value is -2.45. The molecule has 8 heteroatoms. The van der Waals surface area contributed by atoms with Gasteiger partial charge in [0, 0.05) is 29.8 Å². The van der Waals surface area contributed by atoms with Crippen molar-refractivity contribution >= 4 is 43.0 Å². The fourth-order valence-electron chi connectivity index (χ4n) is 3.03. The number of halogens is 1. The molecule has 0 spiro atoms. The third kappa shape index (κ3) is 2.75. The molecule has 0 N–H and O–H groups in total. The van der Waals surface area contributed by atoms with Gasteiger partial charge in [0.05, 0.1) is 27.5 Å². The summed E-state index contributed by atoms with van der Waals surface area (Å²) in [7, 11) is -3.67. The lowest BCUT2D eigenvalue weighted by atomic mass is 10.2. The minimum Gasteiger partial charge on any atom is -0.337 e. The van der Waals surface area contributed by atoms with Crippen molar-refractivity contribution in [3.05, 3.63) is 65.7 Å². The van der Waals surface area contributed by atoms with Gasteiger partial charge in [0.25, 0.3) is 0 Å². The van der Waals surface area contributed by atoms with Gasteiger partial charge in [-0.05, 0) is 30.3 Å². The van der Waals surface area contributed by atoms with Gasteiger partial charge in [-0.25, -0.2) is 13.4 Å². The van der Waals surface area contributed by atoms with Crippen LogP contribution in [0.5, 0.6) is 0 Å². The number of imidazole rings is 1. The fraction of sp³-hybridized carbons (Fsp3) is 0.111. The van der Waals surface area contributed by atoms with Gasteiger partial charge in [-0.2, -0.15) is 0 Å². The maximum atomic E-state index is 13.0. The van der Waals surface area contributed by atoms with Gasteiger partial charge in [-0.1, -0.05) is 28.1 Å². The molecule has 6 nitrogen and oxygen atoms in total. The van der Waals surface area contributed by atoms with Crippen LogP contribution in [0.3, 0.4) is 0 Å². The van der Waals surface area contributed by atoms with Crippen molar-refractivity contribution in [3.8, 4) is 0 Å². The molecule has 26 heavy (non-hydrogen) atoms. The summed E-state index contributed by atoms with van der Waals surface area (Å²) in [6.45, 7) is 0.466. The van der Waals surface area contributed by atoms with Gasteiger partial charge < -0.3 is 4.57 Å². The molecule has 132 valence electrons. The molecule has 0 aliphatic carbocycles. The molecule has 2 heterocycles. The summed E-state index contributed by atoms with van der Waals surface area (Å²) in [6, 6.07) is 11.4. The number of aryl methyl sites for hydroxylation is 1. The number of hydrogen-bond acceptors (Lipinski definition) is 4. The van der Waals surface area contributed by atoms with Crippen LogP contribution in [0, 0.1) is 0 Å². The molecule has 0 unspecified atom stereocenters. The molecule has 0 radical (unpaired) electrons. The molecular formula is C18H14BrN3O3S. The van der Waals surface area contributed by atoms with Gasteiger partial charge >= 0.3 is 0 Å². The first-order valence-electron chi connectivity index (χ1n) is 7.91. The summed E-state index contributed by atoms with van der Waals surface area (Å²) in [6.07, 6.45) is 5.30. The molecule has 0 bridgehead atoms. The smallest absolute Gasteiger partial charge is 0.233 e. The quantitative estimate of drug-likeness (QED) is 0.635. The predicted molar refractivity (Wildman–Crippen MR) is 100 cm³/mol. The number of amides is 1. The third-order valence-electron chi connectivity index (χ3n) is 4.24. The Kier molecular flexibility index (Phi) is 4.16. The molecule has 1 aliphatic rings.